The van der Waals surface area contributed by atoms with E-state index in [0.717, 1.165) is 42.9 Å². The van der Waals surface area contributed by atoms with Crippen LogP contribution in [0.3, 0.4) is 0 Å². The van der Waals surface area contributed by atoms with Crippen molar-refractivity contribution in [3.63, 3.8) is 0 Å². The molecule has 3 aromatic rings. The van der Waals surface area contributed by atoms with Gasteiger partial charge < -0.3 is 14.6 Å². The Labute approximate surface area is 152 Å². The van der Waals surface area contributed by atoms with Gasteiger partial charge in [-0.1, -0.05) is 36.4 Å². The van der Waals surface area contributed by atoms with E-state index in [0.29, 0.717) is 5.76 Å². The summed E-state index contributed by atoms with van der Waals surface area (Å²) < 4.78 is 5.48. The Bertz CT molecular complexity index is 853. The molecule has 0 atom stereocenters. The highest BCUT2D eigenvalue weighted by molar-refractivity contribution is 5.98. The molecule has 4 rings (SSSR count). The third kappa shape index (κ3) is 3.47. The van der Waals surface area contributed by atoms with Crippen molar-refractivity contribution in [3.05, 3.63) is 72.8 Å². The molecule has 0 bridgehead atoms. The van der Waals surface area contributed by atoms with Gasteiger partial charge in [-0.15, -0.1) is 0 Å². The van der Waals surface area contributed by atoms with Crippen molar-refractivity contribution >= 4 is 11.7 Å². The van der Waals surface area contributed by atoms with Gasteiger partial charge in [-0.05, 0) is 36.6 Å². The number of furan rings is 1. The number of hydrogen-bond acceptors (Lipinski definition) is 4. The summed E-state index contributed by atoms with van der Waals surface area (Å²) in [5.74, 6) is 1.23. The molecule has 1 fully saturated rings. The normalized spacial score (nSPS) is 15.0. The first kappa shape index (κ1) is 16.4. The Morgan fingerprint density at radius 1 is 1.04 bits per heavy atom. The van der Waals surface area contributed by atoms with Crippen molar-refractivity contribution in [2.24, 2.45) is 0 Å². The molecule has 1 saturated heterocycles. The van der Waals surface area contributed by atoms with Gasteiger partial charge in [0.15, 0.2) is 5.76 Å². The molecule has 3 heterocycles. The molecule has 26 heavy (non-hydrogen) atoms. The smallest absolute Gasteiger partial charge is 0.287 e. The molecule has 0 aliphatic carbocycles. The number of nitrogens with zero attached hydrogens (tertiary/aromatic N) is 2. The number of benzene rings is 1. The van der Waals surface area contributed by atoms with E-state index in [9.17, 15) is 4.79 Å². The van der Waals surface area contributed by atoms with Crippen LogP contribution in [0.4, 0.5) is 5.82 Å². The van der Waals surface area contributed by atoms with E-state index in [1.54, 1.807) is 6.26 Å². The zero-order valence-electron chi connectivity index (χ0n) is 14.5. The van der Waals surface area contributed by atoms with Gasteiger partial charge in [-0.2, -0.15) is 0 Å². The first-order chi connectivity index (χ1) is 12.8. The summed E-state index contributed by atoms with van der Waals surface area (Å²) >= 11 is 0. The van der Waals surface area contributed by atoms with Gasteiger partial charge in [0.05, 0.1) is 6.26 Å². The van der Waals surface area contributed by atoms with Crippen molar-refractivity contribution in [3.8, 4) is 11.1 Å². The average Bonchev–Trinajstić information content (AvgIpc) is 3.20. The maximum atomic E-state index is 12.7. The first-order valence-electron chi connectivity index (χ1n) is 8.91. The van der Waals surface area contributed by atoms with Crippen molar-refractivity contribution in [1.29, 1.82) is 0 Å². The lowest BCUT2D eigenvalue weighted by atomic mass is 10.0. The van der Waals surface area contributed by atoms with E-state index in [4.69, 9.17) is 4.42 Å². The Morgan fingerprint density at radius 2 is 1.81 bits per heavy atom. The van der Waals surface area contributed by atoms with Crippen molar-refractivity contribution in [2.45, 2.75) is 18.9 Å². The fourth-order valence-corrected chi connectivity index (χ4v) is 3.37. The molecular formula is C21H21N3O2. The summed E-state index contributed by atoms with van der Waals surface area (Å²) in [5.41, 5.74) is 1.81. The predicted octanol–water partition coefficient (Wildman–Crippen LogP) is 3.74. The van der Waals surface area contributed by atoms with Crippen molar-refractivity contribution < 1.29 is 9.21 Å². The van der Waals surface area contributed by atoms with E-state index >= 15 is 0 Å². The summed E-state index contributed by atoms with van der Waals surface area (Å²) in [7, 11) is 0. The number of pyridine rings is 1. The van der Waals surface area contributed by atoms with Crippen LogP contribution in [0.2, 0.25) is 0 Å². The van der Waals surface area contributed by atoms with Gasteiger partial charge in [0, 0.05) is 30.9 Å². The van der Waals surface area contributed by atoms with Gasteiger partial charge in [-0.3, -0.25) is 4.79 Å². The maximum Gasteiger partial charge on any atom is 0.287 e. The summed E-state index contributed by atoms with van der Waals surface area (Å²) in [6.45, 7) is 1.76. The minimum absolute atomic E-state index is 0.148. The van der Waals surface area contributed by atoms with Gasteiger partial charge in [0.2, 0.25) is 0 Å². The number of amides is 1. The molecule has 1 aliphatic rings. The molecular weight excluding hydrogens is 326 g/mol. The van der Waals surface area contributed by atoms with Crippen LogP contribution in [0.1, 0.15) is 23.4 Å². The molecule has 0 radical (unpaired) electrons. The molecule has 0 saturated carbocycles. The first-order valence-corrected chi connectivity index (χ1v) is 8.91. The second-order valence-corrected chi connectivity index (χ2v) is 6.45. The quantitative estimate of drug-likeness (QED) is 0.781. The minimum atomic E-state index is -0.148. The zero-order valence-corrected chi connectivity index (χ0v) is 14.5. The number of rotatable bonds is 4. The lowest BCUT2D eigenvalue weighted by Crippen LogP contribution is -2.45. The second-order valence-electron chi connectivity index (χ2n) is 6.45. The fraction of sp³-hybridized carbons (Fsp3) is 0.238. The van der Waals surface area contributed by atoms with Crippen LogP contribution in [-0.2, 0) is 0 Å². The third-order valence-corrected chi connectivity index (χ3v) is 4.76. The summed E-state index contributed by atoms with van der Waals surface area (Å²) in [6.07, 6.45) is 5.17. The van der Waals surface area contributed by atoms with E-state index < -0.39 is 0 Å². The van der Waals surface area contributed by atoms with E-state index in [2.05, 4.69) is 15.2 Å². The van der Waals surface area contributed by atoms with Crippen LogP contribution in [0.15, 0.2) is 71.5 Å². The Hall–Kier alpha value is -3.08. The maximum absolute atomic E-state index is 12.7. The van der Waals surface area contributed by atoms with E-state index in [-0.39, 0.29) is 11.9 Å². The number of piperidine rings is 1. The van der Waals surface area contributed by atoms with Gasteiger partial charge in [-0.25, -0.2) is 4.98 Å². The molecule has 132 valence electrons. The summed E-state index contributed by atoms with van der Waals surface area (Å²) in [4.78, 5) is 19.3. The monoisotopic (exact) mass is 347 g/mol. The lowest BCUT2D eigenvalue weighted by Gasteiger charge is -2.33. The van der Waals surface area contributed by atoms with Gasteiger partial charge in [0.1, 0.15) is 5.82 Å². The van der Waals surface area contributed by atoms with Crippen molar-refractivity contribution in [1.82, 2.24) is 10.3 Å². The Morgan fingerprint density at radius 3 is 2.54 bits per heavy atom. The van der Waals surface area contributed by atoms with E-state index in [1.165, 1.54) is 0 Å². The number of aromatic nitrogens is 1. The zero-order chi connectivity index (χ0) is 17.8. The Balaban J connectivity index is 1.39. The molecule has 2 aromatic heterocycles. The van der Waals surface area contributed by atoms with E-state index in [1.807, 2.05) is 60.8 Å². The SMILES string of the molecule is O=C(NC1CCN(c2ccccn2)CC1)c1occc1-c1ccccc1. The number of anilines is 1. The fourth-order valence-electron chi connectivity index (χ4n) is 3.37. The predicted molar refractivity (Wildman–Crippen MR) is 101 cm³/mol. The summed E-state index contributed by atoms with van der Waals surface area (Å²) in [5, 5.41) is 3.12. The van der Waals surface area contributed by atoms with Gasteiger partial charge >= 0.3 is 0 Å². The highest BCUT2D eigenvalue weighted by atomic mass is 16.3. The largest absolute Gasteiger partial charge is 0.459 e. The van der Waals surface area contributed by atoms with Crippen LogP contribution < -0.4 is 10.2 Å². The van der Waals surface area contributed by atoms with Crippen molar-refractivity contribution in [2.75, 3.05) is 18.0 Å². The van der Waals surface area contributed by atoms with Crippen LogP contribution >= 0.6 is 0 Å². The number of carbonyl (C=O) groups excluding carboxylic acids is 1. The number of carbonyl (C=O) groups is 1. The van der Waals surface area contributed by atoms with Crippen LogP contribution in [0.5, 0.6) is 0 Å². The number of hydrogen-bond donors (Lipinski definition) is 1. The minimum Gasteiger partial charge on any atom is -0.459 e. The number of nitrogens with one attached hydrogen (secondary N) is 1. The molecule has 5 heteroatoms. The van der Waals surface area contributed by atoms with Gasteiger partial charge in [0.25, 0.3) is 5.91 Å². The van der Waals surface area contributed by atoms with Crippen LogP contribution in [0, 0.1) is 0 Å². The lowest BCUT2D eigenvalue weighted by molar-refractivity contribution is 0.0904. The molecule has 1 N–H and O–H groups in total. The van der Waals surface area contributed by atoms with Crippen LogP contribution in [-0.4, -0.2) is 30.0 Å². The highest BCUT2D eigenvalue weighted by Crippen LogP contribution is 2.25. The molecule has 0 spiro atoms. The molecule has 0 unspecified atom stereocenters. The topological polar surface area (TPSA) is 58.4 Å². The highest BCUT2D eigenvalue weighted by Gasteiger charge is 2.24. The Kier molecular flexibility index (Phi) is 4.69. The molecule has 1 amide bonds. The van der Waals surface area contributed by atoms with Crippen LogP contribution in [0.25, 0.3) is 11.1 Å². The third-order valence-electron chi connectivity index (χ3n) is 4.76. The molecule has 1 aromatic carbocycles. The standard InChI is InChI=1S/C21H21N3O2/c25-21(20-18(11-15-26-20)16-6-2-1-3-7-16)23-17-9-13-24(14-10-17)19-8-4-5-12-22-19/h1-8,11-12,15,17H,9-10,13-14H2,(H,23,25). The molecule has 5 nitrogen and oxygen atoms in total. The average molecular weight is 347 g/mol. The second kappa shape index (κ2) is 7.44. The molecule has 1 aliphatic heterocycles. The summed E-state index contributed by atoms with van der Waals surface area (Å²) in [6, 6.07) is 17.8.